The minimum Gasteiger partial charge on any atom is -0.183 e. The van der Waals surface area contributed by atoms with E-state index in [0.717, 1.165) is 0 Å². The maximum Gasteiger partial charge on any atom is 0.153 e. The quantitative estimate of drug-likeness (QED) is 0.455. The summed E-state index contributed by atoms with van der Waals surface area (Å²) in [7, 11) is 0. The molecule has 0 unspecified atom stereocenters. The third-order valence-electron chi connectivity index (χ3n) is 0.549. The monoisotopic (exact) mass is 148 g/mol. The fraction of sp³-hybridized carbons (Fsp3) is 0. The molecule has 12 heavy (non-hydrogen) atoms. The first-order valence-electron chi connectivity index (χ1n) is 2.70. The lowest BCUT2D eigenvalue weighted by atomic mass is 10.5. The van der Waals surface area contributed by atoms with Crippen LogP contribution in [0.3, 0.4) is 0 Å². The zero-order valence-electron chi connectivity index (χ0n) is 5.89. The summed E-state index contributed by atoms with van der Waals surface area (Å²) in [5.74, 6) is 17.9. The molecule has 0 aliphatic heterocycles. The van der Waals surface area contributed by atoms with Crippen LogP contribution < -0.4 is 0 Å². The molecule has 2 heteroatoms. The lowest BCUT2D eigenvalue weighted by molar-refractivity contribution is 1.55. The van der Waals surface area contributed by atoms with Crippen molar-refractivity contribution in [3.63, 3.8) is 0 Å². The van der Waals surface area contributed by atoms with E-state index in [1.165, 1.54) is 0 Å². The third-order valence-corrected chi connectivity index (χ3v) is 0.549. The van der Waals surface area contributed by atoms with Crippen molar-refractivity contribution in [2.24, 2.45) is 0 Å². The summed E-state index contributed by atoms with van der Waals surface area (Å²) in [6, 6.07) is 3.19. The molecule has 0 amide bonds. The van der Waals surface area contributed by atoms with Gasteiger partial charge in [0.2, 0.25) is 0 Å². The van der Waals surface area contributed by atoms with Crippen LogP contribution in [-0.2, 0) is 0 Å². The van der Waals surface area contributed by atoms with E-state index in [4.69, 9.17) is 10.5 Å². The second-order valence-electron chi connectivity index (χ2n) is 1.22. The fourth-order valence-electron chi connectivity index (χ4n) is 0.243. The number of hydrogen-bond donors (Lipinski definition) is 0. The van der Waals surface area contributed by atoms with Crippen LogP contribution in [0, 0.1) is 70.0 Å². The number of hydrogen-bond acceptors (Lipinski definition) is 2. The van der Waals surface area contributed by atoms with Gasteiger partial charge >= 0.3 is 0 Å². The van der Waals surface area contributed by atoms with Crippen molar-refractivity contribution in [1.29, 1.82) is 10.5 Å². The smallest absolute Gasteiger partial charge is 0.153 e. The molecular formula is C10N2. The molecule has 0 aliphatic rings. The van der Waals surface area contributed by atoms with Crippen LogP contribution in [0.2, 0.25) is 0 Å². The fourth-order valence-corrected chi connectivity index (χ4v) is 0.243. The van der Waals surface area contributed by atoms with Crippen molar-refractivity contribution in [2.45, 2.75) is 0 Å². The third kappa shape index (κ3) is 7.22. The molecule has 0 aromatic heterocycles. The molecule has 0 spiro atoms. The minimum atomic E-state index is 1.60. The lowest BCUT2D eigenvalue weighted by Gasteiger charge is -1.52. The molecule has 0 radical (unpaired) electrons. The van der Waals surface area contributed by atoms with Crippen molar-refractivity contribution in [1.82, 2.24) is 0 Å². The topological polar surface area (TPSA) is 47.6 Å². The van der Waals surface area contributed by atoms with Crippen molar-refractivity contribution in [2.75, 3.05) is 0 Å². The normalized spacial score (nSPS) is 3.50. The molecule has 0 bridgehead atoms. The molecule has 0 saturated carbocycles. The Morgan fingerprint density at radius 1 is 0.417 bits per heavy atom. The van der Waals surface area contributed by atoms with Gasteiger partial charge in [-0.1, -0.05) is 0 Å². The highest BCUT2D eigenvalue weighted by Gasteiger charge is 1.56. The second kappa shape index (κ2) is 8.22. The molecule has 50 valence electrons. The number of nitrogens with zero attached hydrogens (tertiary/aromatic N) is 2. The molecule has 0 N–H and O–H groups in total. The Morgan fingerprint density at radius 3 is 0.917 bits per heavy atom. The van der Waals surface area contributed by atoms with E-state index in [1.54, 1.807) is 12.1 Å². The number of nitriles is 2. The van der Waals surface area contributed by atoms with Crippen molar-refractivity contribution in [3.8, 4) is 59.5 Å². The lowest BCUT2D eigenvalue weighted by Crippen LogP contribution is -1.53. The summed E-state index contributed by atoms with van der Waals surface area (Å²) in [6.07, 6.45) is 0. The van der Waals surface area contributed by atoms with Gasteiger partial charge in [0, 0.05) is 47.4 Å². The Bertz CT molecular complexity index is 420. The summed E-state index contributed by atoms with van der Waals surface area (Å²) < 4.78 is 0. The Hall–Kier alpha value is -2.78. The molecular weight excluding hydrogens is 148 g/mol. The van der Waals surface area contributed by atoms with Gasteiger partial charge in [-0.15, -0.1) is 0 Å². The predicted octanol–water partition coefficient (Wildman–Crippen LogP) is 0.0472. The highest BCUT2D eigenvalue weighted by molar-refractivity contribution is 5.42. The van der Waals surface area contributed by atoms with Crippen LogP contribution in [0.25, 0.3) is 0 Å². The summed E-state index contributed by atoms with van der Waals surface area (Å²) >= 11 is 0. The summed E-state index contributed by atoms with van der Waals surface area (Å²) in [5, 5.41) is 15.9. The maximum absolute atomic E-state index is 7.95. The second-order valence-corrected chi connectivity index (χ2v) is 1.22. The van der Waals surface area contributed by atoms with Crippen LogP contribution in [0.1, 0.15) is 0 Å². The molecule has 0 atom stereocenters. The van der Waals surface area contributed by atoms with Crippen molar-refractivity contribution in [3.05, 3.63) is 0 Å². The van der Waals surface area contributed by atoms with E-state index in [9.17, 15) is 0 Å². The van der Waals surface area contributed by atoms with Gasteiger partial charge in [-0.05, 0) is 0 Å². The van der Waals surface area contributed by atoms with E-state index in [0.29, 0.717) is 0 Å². The summed E-state index contributed by atoms with van der Waals surface area (Å²) in [4.78, 5) is 0. The van der Waals surface area contributed by atoms with Gasteiger partial charge in [-0.25, -0.2) is 0 Å². The Kier molecular flexibility index (Phi) is 6.32. The van der Waals surface area contributed by atoms with Crippen LogP contribution in [0.4, 0.5) is 0 Å². The molecule has 0 aliphatic carbocycles. The van der Waals surface area contributed by atoms with Crippen LogP contribution in [0.5, 0.6) is 0 Å². The van der Waals surface area contributed by atoms with Crippen LogP contribution in [-0.4, -0.2) is 0 Å². The Balaban J connectivity index is 4.12. The average molecular weight is 148 g/mol. The van der Waals surface area contributed by atoms with Crippen LogP contribution in [0.15, 0.2) is 0 Å². The molecule has 0 fully saturated rings. The van der Waals surface area contributed by atoms with Crippen molar-refractivity contribution >= 4 is 0 Å². The van der Waals surface area contributed by atoms with Crippen molar-refractivity contribution < 1.29 is 0 Å². The molecule has 0 rings (SSSR count). The number of rotatable bonds is 0. The Morgan fingerprint density at radius 2 is 0.667 bits per heavy atom. The standard InChI is InChI=1S/C10N2/c11-9-7-5-3-1-2-4-6-8-10-12. The molecule has 0 saturated heterocycles. The zero-order valence-corrected chi connectivity index (χ0v) is 5.89. The van der Waals surface area contributed by atoms with Gasteiger partial charge in [-0.2, -0.15) is 10.5 Å². The van der Waals surface area contributed by atoms with E-state index in [1.807, 2.05) is 0 Å². The van der Waals surface area contributed by atoms with E-state index >= 15 is 0 Å². The van der Waals surface area contributed by atoms with Gasteiger partial charge in [0.05, 0.1) is 0 Å². The predicted molar refractivity (Wildman–Crippen MR) is 42.3 cm³/mol. The van der Waals surface area contributed by atoms with Gasteiger partial charge < -0.3 is 0 Å². The molecule has 0 aromatic rings. The zero-order chi connectivity index (χ0) is 9.07. The average Bonchev–Trinajstić information content (AvgIpc) is 2.10. The van der Waals surface area contributed by atoms with E-state index in [2.05, 4.69) is 47.4 Å². The van der Waals surface area contributed by atoms with E-state index in [-0.39, 0.29) is 0 Å². The van der Waals surface area contributed by atoms with Gasteiger partial charge in [0.15, 0.2) is 12.1 Å². The minimum absolute atomic E-state index is 1.60. The molecule has 2 nitrogen and oxygen atoms in total. The highest BCUT2D eigenvalue weighted by atomic mass is 14.2. The first kappa shape index (κ1) is 9.22. The Labute approximate surface area is 70.8 Å². The summed E-state index contributed by atoms with van der Waals surface area (Å²) in [5.41, 5.74) is 0. The maximum atomic E-state index is 7.95. The first-order valence-corrected chi connectivity index (χ1v) is 2.70. The van der Waals surface area contributed by atoms with Crippen LogP contribution >= 0.6 is 0 Å². The highest BCUT2D eigenvalue weighted by Crippen LogP contribution is 1.54. The molecule has 0 heterocycles. The largest absolute Gasteiger partial charge is 0.183 e. The first-order chi connectivity index (χ1) is 5.91. The van der Waals surface area contributed by atoms with Gasteiger partial charge in [0.25, 0.3) is 0 Å². The molecule has 0 aromatic carbocycles. The summed E-state index contributed by atoms with van der Waals surface area (Å²) in [6.45, 7) is 0. The SMILES string of the molecule is N#CC#CC#CC#CC#CC#N. The van der Waals surface area contributed by atoms with E-state index < -0.39 is 0 Å². The van der Waals surface area contributed by atoms with Gasteiger partial charge in [-0.3, -0.25) is 0 Å². The van der Waals surface area contributed by atoms with Gasteiger partial charge in [0.1, 0.15) is 0 Å².